The molecule has 1 aromatic rings. The third-order valence-electron chi connectivity index (χ3n) is 3.02. The lowest BCUT2D eigenvalue weighted by Gasteiger charge is -2.35. The molecule has 1 N–H and O–H groups in total. The Hall–Kier alpha value is -0.410. The molecule has 1 aromatic heterocycles. The second-order valence-corrected chi connectivity index (χ2v) is 6.68. The minimum atomic E-state index is 0.0568. The quantitative estimate of drug-likeness (QED) is 0.831. The Labute approximate surface area is 110 Å². The standard InChI is InChI=1S/C14H26N2S/c1-10(2)7-14(15-6,8-11(3)4)13-16-12(5)9-17-13/h9-11,15H,7-8H2,1-6H3. The molecule has 0 aliphatic heterocycles. The maximum absolute atomic E-state index is 4.72. The van der Waals surface area contributed by atoms with Crippen molar-refractivity contribution in [1.82, 2.24) is 10.3 Å². The molecule has 0 atom stereocenters. The van der Waals surface area contributed by atoms with Crippen molar-refractivity contribution in [2.24, 2.45) is 11.8 Å². The van der Waals surface area contributed by atoms with Gasteiger partial charge in [0.15, 0.2) is 0 Å². The average molecular weight is 254 g/mol. The first kappa shape index (κ1) is 14.7. The first-order chi connectivity index (χ1) is 7.89. The summed E-state index contributed by atoms with van der Waals surface area (Å²) in [7, 11) is 2.07. The summed E-state index contributed by atoms with van der Waals surface area (Å²) in [6.07, 6.45) is 2.29. The molecule has 2 nitrogen and oxygen atoms in total. The Bertz CT molecular complexity index is 332. The van der Waals surface area contributed by atoms with Crippen molar-refractivity contribution in [2.75, 3.05) is 7.05 Å². The van der Waals surface area contributed by atoms with Gasteiger partial charge < -0.3 is 5.32 Å². The SMILES string of the molecule is CNC(CC(C)C)(CC(C)C)c1nc(C)cs1. The second-order valence-electron chi connectivity index (χ2n) is 5.82. The summed E-state index contributed by atoms with van der Waals surface area (Å²) in [5.74, 6) is 1.34. The minimum absolute atomic E-state index is 0.0568. The first-order valence-corrected chi connectivity index (χ1v) is 7.39. The normalized spacial score (nSPS) is 12.7. The van der Waals surface area contributed by atoms with Gasteiger partial charge in [-0.1, -0.05) is 27.7 Å². The van der Waals surface area contributed by atoms with Gasteiger partial charge >= 0.3 is 0 Å². The van der Waals surface area contributed by atoms with Crippen LogP contribution in [0.1, 0.15) is 51.2 Å². The Morgan fingerprint density at radius 1 is 1.24 bits per heavy atom. The monoisotopic (exact) mass is 254 g/mol. The second kappa shape index (κ2) is 5.96. The summed E-state index contributed by atoms with van der Waals surface area (Å²) in [6.45, 7) is 11.2. The number of hydrogen-bond donors (Lipinski definition) is 1. The summed E-state index contributed by atoms with van der Waals surface area (Å²) < 4.78 is 0. The number of rotatable bonds is 6. The van der Waals surface area contributed by atoms with Crippen molar-refractivity contribution < 1.29 is 0 Å². The highest BCUT2D eigenvalue weighted by atomic mass is 32.1. The van der Waals surface area contributed by atoms with Gasteiger partial charge in [0.25, 0.3) is 0 Å². The summed E-state index contributed by atoms with van der Waals surface area (Å²) in [4.78, 5) is 4.72. The van der Waals surface area contributed by atoms with Gasteiger partial charge in [0.2, 0.25) is 0 Å². The molecule has 1 heterocycles. The van der Waals surface area contributed by atoms with Crippen LogP contribution in [-0.2, 0) is 5.54 Å². The van der Waals surface area contributed by atoms with E-state index in [4.69, 9.17) is 4.98 Å². The van der Waals surface area contributed by atoms with Gasteiger partial charge in [0, 0.05) is 11.1 Å². The number of aromatic nitrogens is 1. The number of nitrogens with one attached hydrogen (secondary N) is 1. The highest BCUT2D eigenvalue weighted by Gasteiger charge is 2.34. The summed E-state index contributed by atoms with van der Waals surface area (Å²) >= 11 is 1.79. The number of thiazole rings is 1. The summed E-state index contributed by atoms with van der Waals surface area (Å²) in [6, 6.07) is 0. The van der Waals surface area contributed by atoms with Crippen molar-refractivity contribution in [3.8, 4) is 0 Å². The first-order valence-electron chi connectivity index (χ1n) is 6.51. The topological polar surface area (TPSA) is 24.9 Å². The molecule has 0 spiro atoms. The van der Waals surface area contributed by atoms with Crippen LogP contribution in [0, 0.1) is 18.8 Å². The molecule has 0 aliphatic carbocycles. The lowest BCUT2D eigenvalue weighted by molar-refractivity contribution is 0.239. The predicted octanol–water partition coefficient (Wildman–Crippen LogP) is 3.96. The van der Waals surface area contributed by atoms with E-state index in [1.54, 1.807) is 11.3 Å². The van der Waals surface area contributed by atoms with E-state index < -0.39 is 0 Å². The van der Waals surface area contributed by atoms with E-state index in [1.165, 1.54) is 5.01 Å². The zero-order valence-electron chi connectivity index (χ0n) is 12.0. The molecule has 0 saturated heterocycles. The van der Waals surface area contributed by atoms with E-state index in [1.807, 2.05) is 0 Å². The molecule has 0 aliphatic rings. The molecule has 0 aromatic carbocycles. The lowest BCUT2D eigenvalue weighted by Crippen LogP contribution is -2.42. The number of aryl methyl sites for hydroxylation is 1. The van der Waals surface area contributed by atoms with Gasteiger partial charge in [0.05, 0.1) is 5.54 Å². The van der Waals surface area contributed by atoms with Gasteiger partial charge in [-0.3, -0.25) is 0 Å². The van der Waals surface area contributed by atoms with Crippen molar-refractivity contribution in [1.29, 1.82) is 0 Å². The van der Waals surface area contributed by atoms with Crippen molar-refractivity contribution in [3.05, 3.63) is 16.1 Å². The van der Waals surface area contributed by atoms with Gasteiger partial charge in [-0.25, -0.2) is 4.98 Å². The zero-order valence-corrected chi connectivity index (χ0v) is 12.8. The largest absolute Gasteiger partial charge is 0.308 e. The maximum Gasteiger partial charge on any atom is 0.113 e. The molecule has 98 valence electrons. The minimum Gasteiger partial charge on any atom is -0.308 e. The van der Waals surface area contributed by atoms with Gasteiger partial charge in [-0.15, -0.1) is 11.3 Å². The van der Waals surface area contributed by atoms with E-state index in [2.05, 4.69) is 52.4 Å². The Morgan fingerprint density at radius 3 is 2.06 bits per heavy atom. The fourth-order valence-corrected chi connectivity index (χ4v) is 3.56. The van der Waals surface area contributed by atoms with E-state index in [9.17, 15) is 0 Å². The number of nitrogens with zero attached hydrogens (tertiary/aromatic N) is 1. The van der Waals surface area contributed by atoms with Gasteiger partial charge in [-0.05, 0) is 38.6 Å². The third kappa shape index (κ3) is 3.78. The fraction of sp³-hybridized carbons (Fsp3) is 0.786. The smallest absolute Gasteiger partial charge is 0.113 e. The Balaban J connectivity index is 3.05. The molecule has 0 unspecified atom stereocenters. The molecule has 1 rings (SSSR count). The molecule has 0 bridgehead atoms. The molecule has 0 saturated carbocycles. The molecule has 0 radical (unpaired) electrons. The highest BCUT2D eigenvalue weighted by Crippen LogP contribution is 2.36. The number of hydrogen-bond acceptors (Lipinski definition) is 3. The van der Waals surface area contributed by atoms with Crippen LogP contribution in [0.3, 0.4) is 0 Å². The van der Waals surface area contributed by atoms with Crippen LogP contribution in [0.5, 0.6) is 0 Å². The third-order valence-corrected chi connectivity index (χ3v) is 4.18. The van der Waals surface area contributed by atoms with Crippen molar-refractivity contribution >= 4 is 11.3 Å². The molecule has 3 heteroatoms. The molecular formula is C14H26N2S. The Kier molecular flexibility index (Phi) is 5.14. The van der Waals surface area contributed by atoms with Crippen LogP contribution in [0.4, 0.5) is 0 Å². The van der Waals surface area contributed by atoms with E-state index in [0.717, 1.165) is 18.5 Å². The van der Waals surface area contributed by atoms with Crippen molar-refractivity contribution in [3.63, 3.8) is 0 Å². The van der Waals surface area contributed by atoms with Crippen LogP contribution in [0.2, 0.25) is 0 Å². The van der Waals surface area contributed by atoms with Crippen LogP contribution < -0.4 is 5.32 Å². The van der Waals surface area contributed by atoms with Gasteiger partial charge in [-0.2, -0.15) is 0 Å². The van der Waals surface area contributed by atoms with E-state index >= 15 is 0 Å². The lowest BCUT2D eigenvalue weighted by atomic mass is 9.82. The van der Waals surface area contributed by atoms with E-state index in [0.29, 0.717) is 11.8 Å². The van der Waals surface area contributed by atoms with Crippen LogP contribution in [0.15, 0.2) is 5.38 Å². The summed E-state index contributed by atoms with van der Waals surface area (Å²) in [5.41, 5.74) is 1.19. The average Bonchev–Trinajstić information content (AvgIpc) is 2.62. The molecule has 17 heavy (non-hydrogen) atoms. The molecule has 0 fully saturated rings. The zero-order chi connectivity index (χ0) is 13.1. The van der Waals surface area contributed by atoms with Crippen LogP contribution in [-0.4, -0.2) is 12.0 Å². The molecule has 0 amide bonds. The maximum atomic E-state index is 4.72. The van der Waals surface area contributed by atoms with Crippen LogP contribution in [0.25, 0.3) is 0 Å². The van der Waals surface area contributed by atoms with Crippen molar-refractivity contribution in [2.45, 2.75) is 53.0 Å². The fourth-order valence-electron chi connectivity index (χ4n) is 2.54. The van der Waals surface area contributed by atoms with Gasteiger partial charge in [0.1, 0.15) is 5.01 Å². The van der Waals surface area contributed by atoms with E-state index in [-0.39, 0.29) is 5.54 Å². The predicted molar refractivity (Wildman–Crippen MR) is 76.5 cm³/mol. The summed E-state index contributed by atoms with van der Waals surface area (Å²) in [5, 5.41) is 6.96. The highest BCUT2D eigenvalue weighted by molar-refractivity contribution is 7.09. The van der Waals surface area contributed by atoms with Crippen LogP contribution >= 0.6 is 11.3 Å². The molecular weight excluding hydrogens is 228 g/mol. The Morgan fingerprint density at radius 2 is 1.76 bits per heavy atom.